The fraction of sp³-hybridized carbons (Fsp3) is 0.379. The van der Waals surface area contributed by atoms with E-state index < -0.39 is 0 Å². The van der Waals surface area contributed by atoms with Gasteiger partial charge in [0, 0.05) is 28.2 Å². The first kappa shape index (κ1) is 27.0. The summed E-state index contributed by atoms with van der Waals surface area (Å²) in [6.45, 7) is 8.85. The summed E-state index contributed by atoms with van der Waals surface area (Å²) in [7, 11) is 0. The Morgan fingerprint density at radius 3 is 2.65 bits per heavy atom. The molecule has 0 fully saturated rings. The maximum atomic E-state index is 13.7. The fourth-order valence-electron chi connectivity index (χ4n) is 4.47. The van der Waals surface area contributed by atoms with Crippen molar-refractivity contribution in [3.05, 3.63) is 80.5 Å². The molecular weight excluding hydrogens is 506 g/mol. The highest BCUT2D eigenvalue weighted by Crippen LogP contribution is 2.34. The summed E-state index contributed by atoms with van der Waals surface area (Å²) in [6, 6.07) is 14.7. The number of aryl methyl sites for hydroxylation is 2. The van der Waals surface area contributed by atoms with Gasteiger partial charge in [0.25, 0.3) is 0 Å². The lowest BCUT2D eigenvalue weighted by atomic mass is 10.00. The van der Waals surface area contributed by atoms with Gasteiger partial charge in [0.2, 0.25) is 5.91 Å². The number of halogens is 1. The Morgan fingerprint density at radius 1 is 1.19 bits per heavy atom. The van der Waals surface area contributed by atoms with Gasteiger partial charge in [-0.3, -0.25) is 4.79 Å². The van der Waals surface area contributed by atoms with E-state index in [4.69, 9.17) is 16.3 Å². The van der Waals surface area contributed by atoms with Crippen LogP contribution in [0.3, 0.4) is 0 Å². The highest BCUT2D eigenvalue weighted by atomic mass is 35.5. The molecule has 196 valence electrons. The number of thiophene rings is 1. The SMILES string of the molecule is CCC(C)N(CC(=O)N1CCc2sccc2C1COc1ccc(Cl)c(C)c1)C(=O)Nc1ccc(C)cc1. The molecule has 3 amide bonds. The van der Waals surface area contributed by atoms with E-state index in [1.165, 1.54) is 4.88 Å². The molecule has 0 saturated carbocycles. The molecular formula is C29H34ClN3O3S. The molecule has 2 atom stereocenters. The Balaban J connectivity index is 1.51. The predicted molar refractivity (Wildman–Crippen MR) is 151 cm³/mol. The Hall–Kier alpha value is -3.03. The molecule has 1 aliphatic rings. The van der Waals surface area contributed by atoms with Crippen LogP contribution in [0.1, 0.15) is 47.9 Å². The minimum Gasteiger partial charge on any atom is -0.491 e. The number of carbonyl (C=O) groups is 2. The third-order valence-corrected chi connectivity index (χ3v) is 8.37. The number of nitrogens with one attached hydrogen (secondary N) is 1. The van der Waals surface area contributed by atoms with Crippen molar-refractivity contribution in [3.8, 4) is 5.75 Å². The van der Waals surface area contributed by atoms with Crippen molar-refractivity contribution in [2.45, 2.75) is 52.6 Å². The lowest BCUT2D eigenvalue weighted by Crippen LogP contribution is -2.50. The van der Waals surface area contributed by atoms with E-state index in [1.54, 1.807) is 16.2 Å². The van der Waals surface area contributed by atoms with Crippen molar-refractivity contribution in [2.75, 3.05) is 25.0 Å². The zero-order valence-electron chi connectivity index (χ0n) is 21.8. The number of hydrogen-bond donors (Lipinski definition) is 1. The first-order valence-corrected chi connectivity index (χ1v) is 13.9. The minimum absolute atomic E-state index is 0.00270. The third-order valence-electron chi connectivity index (χ3n) is 6.94. The third kappa shape index (κ3) is 6.46. The maximum Gasteiger partial charge on any atom is 0.322 e. The summed E-state index contributed by atoms with van der Waals surface area (Å²) in [5, 5.41) is 5.71. The van der Waals surface area contributed by atoms with Crippen molar-refractivity contribution >= 4 is 40.6 Å². The van der Waals surface area contributed by atoms with Crippen LogP contribution in [-0.4, -0.2) is 47.5 Å². The van der Waals surface area contributed by atoms with Gasteiger partial charge in [0.1, 0.15) is 18.9 Å². The quantitative estimate of drug-likeness (QED) is 0.340. The van der Waals surface area contributed by atoms with E-state index in [0.29, 0.717) is 23.9 Å². The topological polar surface area (TPSA) is 61.9 Å². The lowest BCUT2D eigenvalue weighted by molar-refractivity contribution is -0.135. The van der Waals surface area contributed by atoms with Crippen LogP contribution in [-0.2, 0) is 11.2 Å². The molecule has 2 heterocycles. The molecule has 4 rings (SSSR count). The summed E-state index contributed by atoms with van der Waals surface area (Å²) < 4.78 is 6.16. The largest absolute Gasteiger partial charge is 0.491 e. The van der Waals surface area contributed by atoms with Gasteiger partial charge in [0.05, 0.1) is 6.04 Å². The number of ether oxygens (including phenoxy) is 1. The molecule has 8 heteroatoms. The molecule has 0 bridgehead atoms. The highest BCUT2D eigenvalue weighted by Gasteiger charge is 2.34. The maximum absolute atomic E-state index is 13.7. The second-order valence-corrected chi connectivity index (χ2v) is 11.0. The average Bonchev–Trinajstić information content (AvgIpc) is 3.37. The Morgan fingerprint density at radius 2 is 1.95 bits per heavy atom. The van der Waals surface area contributed by atoms with Gasteiger partial charge < -0.3 is 19.9 Å². The van der Waals surface area contributed by atoms with Crippen LogP contribution < -0.4 is 10.1 Å². The number of carbonyl (C=O) groups excluding carboxylic acids is 2. The second-order valence-electron chi connectivity index (χ2n) is 9.56. The average molecular weight is 540 g/mol. The molecule has 2 aromatic carbocycles. The van der Waals surface area contributed by atoms with Crippen LogP contribution in [0.4, 0.5) is 10.5 Å². The molecule has 0 spiro atoms. The smallest absolute Gasteiger partial charge is 0.322 e. The molecule has 0 radical (unpaired) electrons. The number of amides is 3. The molecule has 6 nitrogen and oxygen atoms in total. The number of benzene rings is 2. The van der Waals surface area contributed by atoms with Gasteiger partial charge in [-0.15, -0.1) is 11.3 Å². The zero-order valence-corrected chi connectivity index (χ0v) is 23.4. The lowest BCUT2D eigenvalue weighted by Gasteiger charge is -2.38. The first-order chi connectivity index (χ1) is 17.8. The number of fused-ring (bicyclic) bond motifs is 1. The molecule has 1 aliphatic heterocycles. The summed E-state index contributed by atoms with van der Waals surface area (Å²) >= 11 is 7.88. The van der Waals surface area contributed by atoms with Gasteiger partial charge in [-0.1, -0.05) is 36.2 Å². The molecule has 1 aromatic heterocycles. The van der Waals surface area contributed by atoms with Crippen LogP contribution in [0.5, 0.6) is 5.75 Å². The molecule has 37 heavy (non-hydrogen) atoms. The Labute approximate surface area is 228 Å². The second kappa shape index (κ2) is 12.0. The zero-order chi connectivity index (χ0) is 26.5. The number of nitrogens with zero attached hydrogens (tertiary/aromatic N) is 2. The van der Waals surface area contributed by atoms with Crippen LogP contribution in [0.15, 0.2) is 53.9 Å². The Bertz CT molecular complexity index is 1240. The van der Waals surface area contributed by atoms with Crippen molar-refractivity contribution in [1.82, 2.24) is 9.80 Å². The molecule has 0 aliphatic carbocycles. The van der Waals surface area contributed by atoms with E-state index >= 15 is 0 Å². The molecule has 0 saturated heterocycles. The normalized spacial score (nSPS) is 15.6. The van der Waals surface area contributed by atoms with Gasteiger partial charge in [-0.2, -0.15) is 0 Å². The van der Waals surface area contributed by atoms with Gasteiger partial charge in [-0.25, -0.2) is 4.79 Å². The van der Waals surface area contributed by atoms with E-state index in [1.807, 2.05) is 75.1 Å². The van der Waals surface area contributed by atoms with Gasteiger partial charge >= 0.3 is 6.03 Å². The van der Waals surface area contributed by atoms with E-state index in [-0.39, 0.29) is 30.6 Å². The van der Waals surface area contributed by atoms with Crippen molar-refractivity contribution in [3.63, 3.8) is 0 Å². The monoisotopic (exact) mass is 539 g/mol. The van der Waals surface area contributed by atoms with Crippen molar-refractivity contribution in [1.29, 1.82) is 0 Å². The minimum atomic E-state index is -0.274. The summed E-state index contributed by atoms with van der Waals surface area (Å²) in [4.78, 5) is 31.7. The van der Waals surface area contributed by atoms with E-state index in [9.17, 15) is 9.59 Å². The van der Waals surface area contributed by atoms with Gasteiger partial charge in [0.15, 0.2) is 0 Å². The summed E-state index contributed by atoms with van der Waals surface area (Å²) in [5.74, 6) is 0.632. The number of urea groups is 1. The molecule has 2 unspecified atom stereocenters. The van der Waals surface area contributed by atoms with Gasteiger partial charge in [-0.05, 0) is 86.5 Å². The van der Waals surface area contributed by atoms with Crippen molar-refractivity contribution in [2.24, 2.45) is 0 Å². The molecule has 1 N–H and O–H groups in total. The summed E-state index contributed by atoms with van der Waals surface area (Å²) in [6.07, 6.45) is 1.54. The highest BCUT2D eigenvalue weighted by molar-refractivity contribution is 7.10. The van der Waals surface area contributed by atoms with Crippen LogP contribution in [0, 0.1) is 13.8 Å². The van der Waals surface area contributed by atoms with E-state index in [2.05, 4.69) is 16.8 Å². The number of rotatable bonds is 8. The van der Waals surface area contributed by atoms with Crippen LogP contribution in [0.25, 0.3) is 0 Å². The van der Waals surface area contributed by atoms with Crippen LogP contribution >= 0.6 is 22.9 Å². The number of anilines is 1. The predicted octanol–water partition coefficient (Wildman–Crippen LogP) is 6.86. The molecule has 3 aromatic rings. The summed E-state index contributed by atoms with van der Waals surface area (Å²) in [5.41, 5.74) is 3.89. The number of hydrogen-bond acceptors (Lipinski definition) is 4. The first-order valence-electron chi connectivity index (χ1n) is 12.7. The van der Waals surface area contributed by atoms with Crippen LogP contribution in [0.2, 0.25) is 5.02 Å². The standard InChI is InChI=1S/C29H34ClN3O3S/c1-5-21(4)33(29(35)31-22-8-6-19(2)7-9-22)17-28(34)32-14-12-27-24(13-15-37-27)26(32)18-36-23-10-11-25(30)20(3)16-23/h6-11,13,15-16,21,26H,5,12,14,17-18H2,1-4H3,(H,31,35). The van der Waals surface area contributed by atoms with E-state index in [0.717, 1.165) is 35.3 Å². The van der Waals surface area contributed by atoms with Crippen molar-refractivity contribution < 1.29 is 14.3 Å². The Kier molecular flexibility index (Phi) is 8.77. The fourth-order valence-corrected chi connectivity index (χ4v) is 5.52.